The van der Waals surface area contributed by atoms with Gasteiger partial charge in [-0.05, 0) is 31.2 Å². The van der Waals surface area contributed by atoms with E-state index >= 15 is 0 Å². The molecule has 4 rings (SSSR count). The number of hydrogen-bond donors (Lipinski definition) is 2. The van der Waals surface area contributed by atoms with Crippen molar-refractivity contribution in [1.82, 2.24) is 19.6 Å². The zero-order valence-electron chi connectivity index (χ0n) is 20.7. The average molecular weight is 563 g/mol. The molecule has 0 amide bonds. The Bertz CT molecular complexity index is 834. The molecule has 218 valence electrons. The molecule has 1 aromatic rings. The van der Waals surface area contributed by atoms with Crippen LogP contribution >= 0.6 is 0 Å². The molecule has 0 radical (unpaired) electrons. The van der Waals surface area contributed by atoms with Gasteiger partial charge in [0.1, 0.15) is 0 Å². The van der Waals surface area contributed by atoms with Crippen LogP contribution in [0.5, 0.6) is 0 Å². The molecule has 0 aromatic carbocycles. The second-order valence-corrected chi connectivity index (χ2v) is 8.99. The van der Waals surface area contributed by atoms with Crippen LogP contribution in [-0.4, -0.2) is 118 Å². The van der Waals surface area contributed by atoms with Crippen LogP contribution in [0.1, 0.15) is 24.8 Å². The Morgan fingerprint density at radius 2 is 1.42 bits per heavy atom. The minimum atomic E-state index is -5.08. The average Bonchev–Trinajstić information content (AvgIpc) is 3.46. The highest BCUT2D eigenvalue weighted by molar-refractivity contribution is 5.73. The van der Waals surface area contributed by atoms with E-state index in [2.05, 4.69) is 21.1 Å². The van der Waals surface area contributed by atoms with Crippen LogP contribution in [0.15, 0.2) is 12.4 Å². The summed E-state index contributed by atoms with van der Waals surface area (Å²) in [6.45, 7) is 6.98. The summed E-state index contributed by atoms with van der Waals surface area (Å²) in [5.74, 6) is -5.51. The van der Waals surface area contributed by atoms with E-state index < -0.39 is 24.3 Å². The van der Waals surface area contributed by atoms with Crippen molar-refractivity contribution < 1.29 is 55.6 Å². The first-order valence-corrected chi connectivity index (χ1v) is 11.9. The van der Waals surface area contributed by atoms with E-state index in [1.807, 2.05) is 17.9 Å². The topological polar surface area (TPSA) is 117 Å². The molecule has 38 heavy (non-hydrogen) atoms. The molecule has 3 saturated heterocycles. The highest BCUT2D eigenvalue weighted by atomic mass is 19.4. The molecule has 3 aliphatic heterocycles. The van der Waals surface area contributed by atoms with Crippen molar-refractivity contribution in [3.63, 3.8) is 0 Å². The van der Waals surface area contributed by atoms with Gasteiger partial charge in [-0.1, -0.05) is 0 Å². The van der Waals surface area contributed by atoms with E-state index in [1.165, 1.54) is 31.4 Å². The maximum absolute atomic E-state index is 10.6. The van der Waals surface area contributed by atoms with Crippen LogP contribution < -0.4 is 0 Å². The Morgan fingerprint density at radius 3 is 1.87 bits per heavy atom. The fraction of sp³-hybridized carbons (Fsp3) is 0.773. The normalized spacial score (nSPS) is 23.7. The highest BCUT2D eigenvalue weighted by Crippen LogP contribution is 2.31. The summed E-state index contributed by atoms with van der Waals surface area (Å²) in [5, 5.41) is 18.6. The molecular formula is C22H32F6N4O6. The molecule has 0 saturated carbocycles. The number of alkyl halides is 6. The monoisotopic (exact) mass is 562 g/mol. The van der Waals surface area contributed by atoms with Crippen LogP contribution in [-0.2, 0) is 32.5 Å². The molecule has 4 heterocycles. The van der Waals surface area contributed by atoms with E-state index in [-0.39, 0.29) is 0 Å². The summed E-state index contributed by atoms with van der Waals surface area (Å²) in [5.41, 5.74) is 1.36. The third-order valence-electron chi connectivity index (χ3n) is 6.42. The number of halogens is 6. The lowest BCUT2D eigenvalue weighted by atomic mass is 9.98. The number of carboxylic acid groups (broad SMARTS) is 2. The van der Waals surface area contributed by atoms with Crippen LogP contribution in [0.4, 0.5) is 26.3 Å². The molecule has 1 aromatic heterocycles. The van der Waals surface area contributed by atoms with Crippen LogP contribution in [0.3, 0.4) is 0 Å². The number of aliphatic carboxylic acids is 2. The predicted octanol–water partition coefficient (Wildman–Crippen LogP) is 2.18. The fourth-order valence-electron chi connectivity index (χ4n) is 4.74. The molecule has 2 atom stereocenters. The highest BCUT2D eigenvalue weighted by Gasteiger charge is 2.41. The molecule has 16 heteroatoms. The molecule has 0 bridgehead atoms. The lowest BCUT2D eigenvalue weighted by Gasteiger charge is -2.40. The predicted molar refractivity (Wildman–Crippen MR) is 119 cm³/mol. The van der Waals surface area contributed by atoms with Crippen molar-refractivity contribution in [3.8, 4) is 0 Å². The van der Waals surface area contributed by atoms with Crippen molar-refractivity contribution in [2.24, 2.45) is 7.05 Å². The lowest BCUT2D eigenvalue weighted by Crippen LogP contribution is -2.52. The van der Waals surface area contributed by atoms with E-state index in [0.717, 1.165) is 45.9 Å². The van der Waals surface area contributed by atoms with E-state index in [1.54, 1.807) is 0 Å². The van der Waals surface area contributed by atoms with Gasteiger partial charge in [0, 0.05) is 64.2 Å². The molecule has 0 spiro atoms. The number of likely N-dealkylation sites (tertiary alicyclic amines) is 1. The van der Waals surface area contributed by atoms with Gasteiger partial charge in [-0.15, -0.1) is 0 Å². The largest absolute Gasteiger partial charge is 0.490 e. The summed E-state index contributed by atoms with van der Waals surface area (Å²) in [4.78, 5) is 23.2. The maximum Gasteiger partial charge on any atom is 0.490 e. The molecule has 3 aliphatic rings. The number of hydrogen-bond acceptors (Lipinski definition) is 7. The van der Waals surface area contributed by atoms with Gasteiger partial charge in [0.25, 0.3) is 0 Å². The minimum Gasteiger partial charge on any atom is -0.475 e. The van der Waals surface area contributed by atoms with Gasteiger partial charge >= 0.3 is 24.3 Å². The summed E-state index contributed by atoms with van der Waals surface area (Å²) in [6, 6.07) is 1.93. The summed E-state index contributed by atoms with van der Waals surface area (Å²) in [7, 11) is 2.01. The van der Waals surface area contributed by atoms with Crippen LogP contribution in [0.25, 0.3) is 0 Å². The molecule has 0 aliphatic carbocycles. The van der Waals surface area contributed by atoms with Gasteiger partial charge < -0.3 is 19.7 Å². The Kier molecular flexibility index (Phi) is 11.8. The van der Waals surface area contributed by atoms with E-state index in [0.29, 0.717) is 18.1 Å². The lowest BCUT2D eigenvalue weighted by molar-refractivity contribution is -0.193. The van der Waals surface area contributed by atoms with Crippen molar-refractivity contribution in [1.29, 1.82) is 0 Å². The molecule has 0 unspecified atom stereocenters. The van der Waals surface area contributed by atoms with Crippen molar-refractivity contribution in [3.05, 3.63) is 18.0 Å². The number of nitrogens with zero attached hydrogens (tertiary/aromatic N) is 4. The molecule has 3 fully saturated rings. The van der Waals surface area contributed by atoms with Crippen LogP contribution in [0.2, 0.25) is 0 Å². The maximum atomic E-state index is 10.6. The van der Waals surface area contributed by atoms with Crippen molar-refractivity contribution >= 4 is 11.9 Å². The van der Waals surface area contributed by atoms with Crippen molar-refractivity contribution in [2.45, 2.75) is 56.2 Å². The second-order valence-electron chi connectivity index (χ2n) is 8.99. The first kappa shape index (κ1) is 31.8. The Morgan fingerprint density at radius 1 is 0.921 bits per heavy atom. The number of aryl methyl sites for hydroxylation is 1. The van der Waals surface area contributed by atoms with Gasteiger partial charge in [-0.25, -0.2) is 9.59 Å². The number of morpholine rings is 1. The molecular weight excluding hydrogens is 530 g/mol. The first-order valence-electron chi connectivity index (χ1n) is 11.9. The zero-order chi connectivity index (χ0) is 28.5. The van der Waals surface area contributed by atoms with E-state index in [9.17, 15) is 26.3 Å². The summed E-state index contributed by atoms with van der Waals surface area (Å²) in [6.07, 6.45) is -1.21. The van der Waals surface area contributed by atoms with E-state index in [4.69, 9.17) is 29.3 Å². The number of carboxylic acids is 2. The number of aromatic nitrogens is 2. The van der Waals surface area contributed by atoms with Gasteiger partial charge in [0.15, 0.2) is 0 Å². The standard InChI is InChI=1S/C18H30N4O2.2C2HF3O2/c1-20-14-15(13-19-20)12-18-17(21-6-10-24-11-7-21)2-5-22(18)16-3-8-23-9-4-16;2*3-2(4,5)1(6)7/h13-14,16-18H,2-12H2,1H3;2*(H,6,7)/t17-,18+;;/m1../s1. The van der Waals surface area contributed by atoms with Gasteiger partial charge in [0.2, 0.25) is 0 Å². The van der Waals surface area contributed by atoms with Gasteiger partial charge in [-0.2, -0.15) is 31.4 Å². The Hall–Kier alpha value is -2.43. The van der Waals surface area contributed by atoms with Crippen LogP contribution in [0, 0.1) is 0 Å². The number of carbonyl (C=O) groups is 2. The Balaban J connectivity index is 0.000000301. The minimum absolute atomic E-state index is 0.593. The summed E-state index contributed by atoms with van der Waals surface area (Å²) >= 11 is 0. The second kappa shape index (κ2) is 14.1. The Labute approximate surface area is 215 Å². The first-order chi connectivity index (χ1) is 17.7. The smallest absolute Gasteiger partial charge is 0.475 e. The quantitative estimate of drug-likeness (QED) is 0.533. The third kappa shape index (κ3) is 10.0. The zero-order valence-corrected chi connectivity index (χ0v) is 20.7. The third-order valence-corrected chi connectivity index (χ3v) is 6.42. The number of ether oxygens (including phenoxy) is 2. The molecule has 2 N–H and O–H groups in total. The fourth-order valence-corrected chi connectivity index (χ4v) is 4.74. The number of rotatable bonds is 4. The summed E-state index contributed by atoms with van der Waals surface area (Å²) < 4.78 is 76.6. The van der Waals surface area contributed by atoms with Gasteiger partial charge in [-0.3, -0.25) is 14.5 Å². The van der Waals surface area contributed by atoms with Gasteiger partial charge in [0.05, 0.1) is 19.4 Å². The molecule has 10 nitrogen and oxygen atoms in total. The SMILES string of the molecule is Cn1cc(C[C@H]2[C@H](N3CCOCC3)CCN2C2CCOCC2)cn1.O=C(O)C(F)(F)F.O=C(O)C(F)(F)F. The van der Waals surface area contributed by atoms with Crippen molar-refractivity contribution in [2.75, 3.05) is 46.1 Å².